The van der Waals surface area contributed by atoms with E-state index in [2.05, 4.69) is 4.98 Å². The first-order valence-corrected chi connectivity index (χ1v) is 5.28. The summed E-state index contributed by atoms with van der Waals surface area (Å²) in [6.07, 6.45) is 5.51. The Labute approximate surface area is 95.1 Å². The van der Waals surface area contributed by atoms with Crippen LogP contribution in [-0.4, -0.2) is 4.98 Å². The highest BCUT2D eigenvalue weighted by Crippen LogP contribution is 2.17. The normalized spacial score (nSPS) is 10.2. The number of rotatable bonds is 3. The summed E-state index contributed by atoms with van der Waals surface area (Å²) in [5.74, 6) is 0. The second-order valence-electron chi connectivity index (χ2n) is 3.81. The predicted molar refractivity (Wildman–Crippen MR) is 66.9 cm³/mol. The molecule has 0 saturated carbocycles. The summed E-state index contributed by atoms with van der Waals surface area (Å²) < 4.78 is 0. The molecule has 0 unspecified atom stereocenters. The van der Waals surface area contributed by atoms with Gasteiger partial charge in [0.05, 0.1) is 0 Å². The van der Waals surface area contributed by atoms with Gasteiger partial charge in [-0.2, -0.15) is 0 Å². The molecule has 3 nitrogen and oxygen atoms in total. The summed E-state index contributed by atoms with van der Waals surface area (Å²) in [4.78, 5) is 3.99. The molecule has 0 fully saturated rings. The standard InChI is InChI=1S/C13H15N3/c14-12-4-3-11(13(15)9-12)2-1-10-5-7-16-8-6-10/h3-9H,1-2,14-15H2. The summed E-state index contributed by atoms with van der Waals surface area (Å²) in [6, 6.07) is 9.73. The second-order valence-corrected chi connectivity index (χ2v) is 3.81. The van der Waals surface area contributed by atoms with Gasteiger partial charge in [0, 0.05) is 23.8 Å². The Morgan fingerprint density at radius 3 is 2.38 bits per heavy atom. The van der Waals surface area contributed by atoms with Crippen LogP contribution in [0.4, 0.5) is 11.4 Å². The molecule has 0 bridgehead atoms. The van der Waals surface area contributed by atoms with Crippen molar-refractivity contribution in [2.75, 3.05) is 11.5 Å². The molecule has 1 heterocycles. The third kappa shape index (κ3) is 2.51. The summed E-state index contributed by atoms with van der Waals surface area (Å²) >= 11 is 0. The molecule has 0 radical (unpaired) electrons. The average molecular weight is 213 g/mol. The molecule has 0 aliphatic heterocycles. The molecule has 2 aromatic rings. The third-order valence-corrected chi connectivity index (χ3v) is 2.60. The van der Waals surface area contributed by atoms with E-state index in [1.165, 1.54) is 5.56 Å². The van der Waals surface area contributed by atoms with Crippen molar-refractivity contribution in [2.24, 2.45) is 0 Å². The van der Waals surface area contributed by atoms with Crippen molar-refractivity contribution in [3.8, 4) is 0 Å². The summed E-state index contributed by atoms with van der Waals surface area (Å²) in [7, 11) is 0. The first-order chi connectivity index (χ1) is 7.75. The minimum Gasteiger partial charge on any atom is -0.399 e. The van der Waals surface area contributed by atoms with Gasteiger partial charge in [-0.1, -0.05) is 6.07 Å². The number of hydrogen-bond donors (Lipinski definition) is 2. The molecule has 3 heteroatoms. The fourth-order valence-corrected chi connectivity index (χ4v) is 1.67. The highest BCUT2D eigenvalue weighted by atomic mass is 14.6. The molecular weight excluding hydrogens is 198 g/mol. The van der Waals surface area contributed by atoms with E-state index in [0.29, 0.717) is 5.69 Å². The number of aryl methyl sites for hydroxylation is 2. The van der Waals surface area contributed by atoms with E-state index in [9.17, 15) is 0 Å². The van der Waals surface area contributed by atoms with E-state index in [1.807, 2.05) is 42.7 Å². The van der Waals surface area contributed by atoms with Crippen LogP contribution < -0.4 is 11.5 Å². The average Bonchev–Trinajstić information content (AvgIpc) is 2.29. The lowest BCUT2D eigenvalue weighted by molar-refractivity contribution is 0.958. The minimum absolute atomic E-state index is 0.713. The first kappa shape index (κ1) is 10.5. The van der Waals surface area contributed by atoms with Crippen molar-refractivity contribution in [3.63, 3.8) is 0 Å². The predicted octanol–water partition coefficient (Wildman–Crippen LogP) is 2.03. The number of hydrogen-bond acceptors (Lipinski definition) is 3. The SMILES string of the molecule is Nc1ccc(CCc2ccncc2)c(N)c1. The van der Waals surface area contributed by atoms with Crippen molar-refractivity contribution < 1.29 is 0 Å². The third-order valence-electron chi connectivity index (χ3n) is 2.60. The van der Waals surface area contributed by atoms with Crippen LogP contribution in [0.1, 0.15) is 11.1 Å². The number of nitrogens with zero attached hydrogens (tertiary/aromatic N) is 1. The van der Waals surface area contributed by atoms with Crippen LogP contribution in [0.15, 0.2) is 42.7 Å². The van der Waals surface area contributed by atoms with Gasteiger partial charge in [-0.25, -0.2) is 0 Å². The Bertz CT molecular complexity index is 466. The summed E-state index contributed by atoms with van der Waals surface area (Å²) in [5, 5.41) is 0. The maximum atomic E-state index is 5.89. The van der Waals surface area contributed by atoms with Crippen molar-refractivity contribution in [3.05, 3.63) is 53.9 Å². The van der Waals surface area contributed by atoms with Crippen molar-refractivity contribution >= 4 is 11.4 Å². The quantitative estimate of drug-likeness (QED) is 0.767. The Morgan fingerprint density at radius 1 is 0.938 bits per heavy atom. The molecule has 4 N–H and O–H groups in total. The maximum Gasteiger partial charge on any atom is 0.0367 e. The van der Waals surface area contributed by atoms with Gasteiger partial charge in [-0.15, -0.1) is 0 Å². The minimum atomic E-state index is 0.713. The van der Waals surface area contributed by atoms with E-state index >= 15 is 0 Å². The Balaban J connectivity index is 2.05. The van der Waals surface area contributed by atoms with E-state index in [0.717, 1.165) is 24.1 Å². The molecule has 0 aliphatic carbocycles. The number of anilines is 2. The highest BCUT2D eigenvalue weighted by molar-refractivity contribution is 5.56. The second kappa shape index (κ2) is 4.66. The molecule has 16 heavy (non-hydrogen) atoms. The molecule has 0 aliphatic rings. The van der Waals surface area contributed by atoms with E-state index in [1.54, 1.807) is 0 Å². The van der Waals surface area contributed by atoms with E-state index in [-0.39, 0.29) is 0 Å². The fraction of sp³-hybridized carbons (Fsp3) is 0.154. The molecule has 2 rings (SSSR count). The van der Waals surface area contributed by atoms with Gasteiger partial charge in [-0.3, -0.25) is 4.98 Å². The van der Waals surface area contributed by atoms with Gasteiger partial charge in [-0.05, 0) is 48.2 Å². The first-order valence-electron chi connectivity index (χ1n) is 5.28. The van der Waals surface area contributed by atoms with E-state index in [4.69, 9.17) is 11.5 Å². The lowest BCUT2D eigenvalue weighted by Gasteiger charge is -2.06. The van der Waals surface area contributed by atoms with Gasteiger partial charge in [0.15, 0.2) is 0 Å². The lowest BCUT2D eigenvalue weighted by Crippen LogP contribution is -1.98. The lowest BCUT2D eigenvalue weighted by atomic mass is 10.0. The van der Waals surface area contributed by atoms with Crippen molar-refractivity contribution in [1.29, 1.82) is 0 Å². The van der Waals surface area contributed by atoms with Crippen molar-refractivity contribution in [2.45, 2.75) is 12.8 Å². The van der Waals surface area contributed by atoms with Gasteiger partial charge in [0.1, 0.15) is 0 Å². The number of benzene rings is 1. The Hall–Kier alpha value is -2.03. The molecular formula is C13H15N3. The van der Waals surface area contributed by atoms with Gasteiger partial charge < -0.3 is 11.5 Å². The topological polar surface area (TPSA) is 64.9 Å². The Kier molecular flexibility index (Phi) is 3.05. The van der Waals surface area contributed by atoms with Crippen LogP contribution in [0.25, 0.3) is 0 Å². The molecule has 0 spiro atoms. The smallest absolute Gasteiger partial charge is 0.0367 e. The molecule has 0 amide bonds. The molecule has 0 atom stereocenters. The number of aromatic nitrogens is 1. The molecule has 82 valence electrons. The van der Waals surface area contributed by atoms with Crippen LogP contribution in [0.5, 0.6) is 0 Å². The zero-order chi connectivity index (χ0) is 11.4. The van der Waals surface area contributed by atoms with Crippen LogP contribution >= 0.6 is 0 Å². The van der Waals surface area contributed by atoms with Crippen LogP contribution in [0, 0.1) is 0 Å². The van der Waals surface area contributed by atoms with E-state index < -0.39 is 0 Å². The van der Waals surface area contributed by atoms with Crippen LogP contribution in [0.2, 0.25) is 0 Å². The number of nitrogen functional groups attached to an aromatic ring is 2. The number of nitrogens with two attached hydrogens (primary N) is 2. The highest BCUT2D eigenvalue weighted by Gasteiger charge is 2.00. The summed E-state index contributed by atoms with van der Waals surface area (Å²) in [6.45, 7) is 0. The van der Waals surface area contributed by atoms with Gasteiger partial charge in [0.25, 0.3) is 0 Å². The van der Waals surface area contributed by atoms with Crippen LogP contribution in [-0.2, 0) is 12.8 Å². The largest absolute Gasteiger partial charge is 0.399 e. The van der Waals surface area contributed by atoms with Gasteiger partial charge in [0.2, 0.25) is 0 Å². The Morgan fingerprint density at radius 2 is 1.69 bits per heavy atom. The van der Waals surface area contributed by atoms with Crippen molar-refractivity contribution in [1.82, 2.24) is 4.98 Å². The summed E-state index contributed by atoms with van der Waals surface area (Å²) in [5.41, 5.74) is 15.4. The number of pyridine rings is 1. The zero-order valence-electron chi connectivity index (χ0n) is 9.06. The molecule has 0 saturated heterocycles. The molecule has 1 aromatic heterocycles. The molecule has 1 aromatic carbocycles. The van der Waals surface area contributed by atoms with Gasteiger partial charge >= 0.3 is 0 Å². The monoisotopic (exact) mass is 213 g/mol. The fourth-order valence-electron chi connectivity index (χ4n) is 1.67. The van der Waals surface area contributed by atoms with Crippen LogP contribution in [0.3, 0.4) is 0 Å². The zero-order valence-corrected chi connectivity index (χ0v) is 9.06. The maximum absolute atomic E-state index is 5.89.